The summed E-state index contributed by atoms with van der Waals surface area (Å²) >= 11 is 0. The Morgan fingerprint density at radius 2 is 2.07 bits per heavy atom. The van der Waals surface area contributed by atoms with Crippen LogP contribution in [0.4, 0.5) is 0 Å². The Labute approximate surface area is 158 Å². The Hall–Kier alpha value is -1.97. The molecule has 2 fully saturated rings. The van der Waals surface area contributed by atoms with Crippen LogP contribution in [-0.4, -0.2) is 77.0 Å². The fourth-order valence-corrected chi connectivity index (χ4v) is 4.74. The lowest BCUT2D eigenvalue weighted by molar-refractivity contribution is -0.148. The molecule has 0 saturated carbocycles. The van der Waals surface area contributed by atoms with Crippen LogP contribution in [0.2, 0.25) is 0 Å². The van der Waals surface area contributed by atoms with Gasteiger partial charge in [0.25, 0.3) is 0 Å². The van der Waals surface area contributed by atoms with E-state index in [1.807, 2.05) is 9.80 Å². The number of methoxy groups -OCH3 is 1. The van der Waals surface area contributed by atoms with E-state index in [0.29, 0.717) is 38.5 Å². The fourth-order valence-electron chi connectivity index (χ4n) is 4.74. The van der Waals surface area contributed by atoms with Gasteiger partial charge in [0.05, 0.1) is 17.6 Å². The zero-order chi connectivity index (χ0) is 19.0. The number of aromatic amines is 1. The van der Waals surface area contributed by atoms with E-state index in [9.17, 15) is 9.59 Å². The monoisotopic (exact) mass is 376 g/mol. The molecule has 3 aliphatic rings. The number of nitrogens with zero attached hydrogens (tertiary/aromatic N) is 3. The van der Waals surface area contributed by atoms with Crippen LogP contribution in [-0.2, 0) is 26.3 Å². The number of carbonyl (C=O) groups is 2. The first-order valence-corrected chi connectivity index (χ1v) is 9.67. The Kier molecular flexibility index (Phi) is 4.92. The van der Waals surface area contributed by atoms with Crippen LogP contribution in [0, 0.1) is 0 Å². The van der Waals surface area contributed by atoms with Gasteiger partial charge in [0.15, 0.2) is 0 Å². The van der Waals surface area contributed by atoms with Crippen molar-refractivity contribution in [3.05, 3.63) is 17.7 Å². The number of rotatable bonds is 3. The standard InChI is InChI=1S/C18H28N6O3/c1-12-9-14(22-21-12)17(26)23-7-4-18(5-8-23)16-13(19-11-20-16)3-6-24(18)15(25)10-27-2/h11-12,14,21-22H,3-10H2,1-2H3,(H,19,20). The molecule has 148 valence electrons. The molecule has 2 saturated heterocycles. The summed E-state index contributed by atoms with van der Waals surface area (Å²) in [4.78, 5) is 37.2. The van der Waals surface area contributed by atoms with E-state index in [4.69, 9.17) is 4.74 Å². The molecule has 9 nitrogen and oxygen atoms in total. The molecular weight excluding hydrogens is 348 g/mol. The lowest BCUT2D eigenvalue weighted by atomic mass is 9.78. The maximum Gasteiger partial charge on any atom is 0.249 e. The number of likely N-dealkylation sites (tertiary alicyclic amines) is 1. The Morgan fingerprint density at radius 1 is 1.30 bits per heavy atom. The minimum Gasteiger partial charge on any atom is -0.375 e. The molecule has 1 aromatic rings. The maximum atomic E-state index is 12.8. The number of carbonyl (C=O) groups excluding carboxylic acids is 2. The zero-order valence-corrected chi connectivity index (χ0v) is 16.0. The van der Waals surface area contributed by atoms with Gasteiger partial charge in [-0.2, -0.15) is 0 Å². The van der Waals surface area contributed by atoms with Crippen molar-refractivity contribution in [3.63, 3.8) is 0 Å². The molecule has 3 aliphatic heterocycles. The third kappa shape index (κ3) is 3.13. The van der Waals surface area contributed by atoms with Gasteiger partial charge in [-0.05, 0) is 26.2 Å². The molecule has 3 N–H and O–H groups in total. The average molecular weight is 376 g/mol. The first kappa shape index (κ1) is 18.4. The molecule has 2 unspecified atom stereocenters. The highest BCUT2D eigenvalue weighted by Crippen LogP contribution is 2.42. The normalized spacial score (nSPS) is 27.0. The van der Waals surface area contributed by atoms with Gasteiger partial charge < -0.3 is 19.5 Å². The number of piperidine rings is 1. The van der Waals surface area contributed by atoms with E-state index in [1.165, 1.54) is 0 Å². The van der Waals surface area contributed by atoms with Gasteiger partial charge in [0.1, 0.15) is 12.6 Å². The van der Waals surface area contributed by atoms with Gasteiger partial charge in [0.2, 0.25) is 11.8 Å². The Morgan fingerprint density at radius 3 is 2.74 bits per heavy atom. The quantitative estimate of drug-likeness (QED) is 0.658. The fraction of sp³-hybridized carbons (Fsp3) is 0.722. The third-order valence-corrected chi connectivity index (χ3v) is 6.12. The van der Waals surface area contributed by atoms with Crippen molar-refractivity contribution in [2.24, 2.45) is 0 Å². The Balaban J connectivity index is 1.53. The van der Waals surface area contributed by atoms with Gasteiger partial charge in [-0.3, -0.25) is 15.0 Å². The second kappa shape index (κ2) is 7.21. The predicted molar refractivity (Wildman–Crippen MR) is 97.5 cm³/mol. The highest BCUT2D eigenvalue weighted by atomic mass is 16.5. The summed E-state index contributed by atoms with van der Waals surface area (Å²) < 4.78 is 5.10. The van der Waals surface area contributed by atoms with E-state index in [2.05, 4.69) is 27.7 Å². The van der Waals surface area contributed by atoms with E-state index in [1.54, 1.807) is 13.4 Å². The van der Waals surface area contributed by atoms with E-state index in [0.717, 1.165) is 24.2 Å². The molecule has 0 aliphatic carbocycles. The van der Waals surface area contributed by atoms with Crippen molar-refractivity contribution < 1.29 is 14.3 Å². The topological polar surface area (TPSA) is 103 Å². The van der Waals surface area contributed by atoms with Crippen LogP contribution in [0.5, 0.6) is 0 Å². The maximum absolute atomic E-state index is 12.8. The van der Waals surface area contributed by atoms with E-state index >= 15 is 0 Å². The van der Waals surface area contributed by atoms with Gasteiger partial charge >= 0.3 is 0 Å². The molecule has 4 heterocycles. The molecule has 2 amide bonds. The van der Waals surface area contributed by atoms with Crippen molar-refractivity contribution in [2.75, 3.05) is 33.4 Å². The summed E-state index contributed by atoms with van der Waals surface area (Å²) in [5.74, 6) is 0.121. The van der Waals surface area contributed by atoms with Crippen molar-refractivity contribution in [3.8, 4) is 0 Å². The van der Waals surface area contributed by atoms with Crippen molar-refractivity contribution >= 4 is 11.8 Å². The largest absolute Gasteiger partial charge is 0.375 e. The van der Waals surface area contributed by atoms with Crippen LogP contribution in [0.3, 0.4) is 0 Å². The lowest BCUT2D eigenvalue weighted by Gasteiger charge is -2.50. The predicted octanol–water partition coefficient (Wildman–Crippen LogP) is -0.486. The number of nitrogens with one attached hydrogen (secondary N) is 3. The van der Waals surface area contributed by atoms with Crippen molar-refractivity contribution in [2.45, 2.75) is 50.2 Å². The van der Waals surface area contributed by atoms with Crippen LogP contribution in [0.1, 0.15) is 37.6 Å². The molecule has 1 spiro atoms. The summed E-state index contributed by atoms with van der Waals surface area (Å²) in [5.41, 5.74) is 7.82. The van der Waals surface area contributed by atoms with Gasteiger partial charge in [0, 0.05) is 44.9 Å². The summed E-state index contributed by atoms with van der Waals surface area (Å²) in [6.07, 6.45) is 4.67. The molecule has 1 aromatic heterocycles. The molecule has 2 atom stereocenters. The molecule has 9 heteroatoms. The number of hydrogen-bond acceptors (Lipinski definition) is 6. The molecule has 4 rings (SSSR count). The van der Waals surface area contributed by atoms with Gasteiger partial charge in [-0.25, -0.2) is 10.4 Å². The first-order valence-electron chi connectivity index (χ1n) is 9.67. The minimum absolute atomic E-state index is 0.0126. The molecule has 0 bridgehead atoms. The number of hydrazine groups is 1. The highest BCUT2D eigenvalue weighted by Gasteiger charge is 2.49. The number of fused-ring (bicyclic) bond motifs is 2. The number of hydrogen-bond donors (Lipinski definition) is 3. The average Bonchev–Trinajstić information content (AvgIpc) is 3.32. The SMILES string of the molecule is COCC(=O)N1CCc2[nH]cnc2C12CCN(C(=O)C1CC(C)NN1)CC2. The van der Waals surface area contributed by atoms with Crippen LogP contribution in [0.25, 0.3) is 0 Å². The van der Waals surface area contributed by atoms with E-state index < -0.39 is 5.54 Å². The summed E-state index contributed by atoms with van der Waals surface area (Å²) in [7, 11) is 1.54. The zero-order valence-electron chi connectivity index (χ0n) is 16.0. The van der Waals surface area contributed by atoms with Gasteiger partial charge in [-0.1, -0.05) is 0 Å². The lowest BCUT2D eigenvalue weighted by Crippen LogP contribution is -2.60. The number of amides is 2. The smallest absolute Gasteiger partial charge is 0.249 e. The van der Waals surface area contributed by atoms with Crippen molar-refractivity contribution in [1.82, 2.24) is 30.6 Å². The second-order valence-electron chi connectivity index (χ2n) is 7.79. The number of aromatic nitrogens is 2. The van der Waals surface area contributed by atoms with E-state index in [-0.39, 0.29) is 24.5 Å². The third-order valence-electron chi connectivity index (χ3n) is 6.12. The number of H-pyrrole nitrogens is 1. The number of imidazole rings is 1. The number of ether oxygens (including phenoxy) is 1. The summed E-state index contributed by atoms with van der Waals surface area (Å²) in [6, 6.07) is 0.120. The molecule has 27 heavy (non-hydrogen) atoms. The van der Waals surface area contributed by atoms with Crippen LogP contribution >= 0.6 is 0 Å². The van der Waals surface area contributed by atoms with Crippen molar-refractivity contribution in [1.29, 1.82) is 0 Å². The highest BCUT2D eigenvalue weighted by molar-refractivity contribution is 5.82. The minimum atomic E-state index is -0.450. The summed E-state index contributed by atoms with van der Waals surface area (Å²) in [6.45, 7) is 4.02. The molecule has 0 aromatic carbocycles. The first-order chi connectivity index (χ1) is 13.0. The second-order valence-corrected chi connectivity index (χ2v) is 7.79. The Bertz CT molecular complexity index is 712. The van der Waals surface area contributed by atoms with Crippen LogP contribution < -0.4 is 10.9 Å². The summed E-state index contributed by atoms with van der Waals surface area (Å²) in [5, 5.41) is 0. The molecular formula is C18H28N6O3. The molecule has 0 radical (unpaired) electrons. The van der Waals surface area contributed by atoms with Gasteiger partial charge in [-0.15, -0.1) is 0 Å². The van der Waals surface area contributed by atoms with Crippen LogP contribution in [0.15, 0.2) is 6.33 Å².